The van der Waals surface area contributed by atoms with Gasteiger partial charge in [0.15, 0.2) is 11.5 Å². The number of rotatable bonds is 6. The van der Waals surface area contributed by atoms with Gasteiger partial charge in [0.25, 0.3) is 0 Å². The Morgan fingerprint density at radius 3 is 2.87 bits per heavy atom. The van der Waals surface area contributed by atoms with Crippen molar-refractivity contribution in [2.45, 2.75) is 25.5 Å². The van der Waals surface area contributed by atoms with E-state index in [1.165, 1.54) is 0 Å². The molecule has 126 valence electrons. The molecule has 0 bridgehead atoms. The average molecular weight is 341 g/mol. The number of halogens is 1. The number of primary amides is 1. The number of fused-ring (bicyclic) bond motifs is 1. The SMILES string of the molecule is NC(=O)CN(Cc1cc(Cl)c2c(c1)OCCO2)CC1CCCO1. The fourth-order valence-corrected chi connectivity index (χ4v) is 3.28. The van der Waals surface area contributed by atoms with Gasteiger partial charge in [0.1, 0.15) is 13.2 Å². The Labute approximate surface area is 140 Å². The molecule has 6 nitrogen and oxygen atoms in total. The zero-order valence-electron chi connectivity index (χ0n) is 12.9. The molecule has 1 aromatic rings. The van der Waals surface area contributed by atoms with E-state index >= 15 is 0 Å². The lowest BCUT2D eigenvalue weighted by atomic mass is 10.1. The first-order valence-electron chi connectivity index (χ1n) is 7.82. The van der Waals surface area contributed by atoms with E-state index in [2.05, 4.69) is 0 Å². The van der Waals surface area contributed by atoms with Crippen LogP contribution in [0.3, 0.4) is 0 Å². The molecule has 2 N–H and O–H groups in total. The standard InChI is InChI=1S/C16H21ClN2O4/c17-13-6-11(7-14-16(13)23-5-4-22-14)8-19(10-15(18)20)9-12-2-1-3-21-12/h6-7,12H,1-5,8-10H2,(H2,18,20). The number of carbonyl (C=O) groups excluding carboxylic acids is 1. The van der Waals surface area contributed by atoms with Gasteiger partial charge in [-0.05, 0) is 30.5 Å². The van der Waals surface area contributed by atoms with Gasteiger partial charge in [-0.15, -0.1) is 0 Å². The van der Waals surface area contributed by atoms with E-state index < -0.39 is 0 Å². The second-order valence-electron chi connectivity index (χ2n) is 5.87. The van der Waals surface area contributed by atoms with Crippen molar-refractivity contribution in [2.75, 3.05) is 32.9 Å². The third-order valence-electron chi connectivity index (χ3n) is 3.93. The van der Waals surface area contributed by atoms with Crippen molar-refractivity contribution in [3.8, 4) is 11.5 Å². The highest BCUT2D eigenvalue weighted by Gasteiger charge is 2.22. The molecule has 1 saturated heterocycles. The summed E-state index contributed by atoms with van der Waals surface area (Å²) in [6.07, 6.45) is 2.23. The Bertz CT molecular complexity index is 575. The van der Waals surface area contributed by atoms with E-state index in [1.54, 1.807) is 0 Å². The highest BCUT2D eigenvalue weighted by Crippen LogP contribution is 2.38. The van der Waals surface area contributed by atoms with E-state index in [0.717, 1.165) is 25.0 Å². The summed E-state index contributed by atoms with van der Waals surface area (Å²) in [7, 11) is 0. The van der Waals surface area contributed by atoms with Gasteiger partial charge in [0.2, 0.25) is 5.91 Å². The monoisotopic (exact) mass is 340 g/mol. The van der Waals surface area contributed by atoms with Crippen molar-refractivity contribution in [1.29, 1.82) is 0 Å². The number of nitrogens with zero attached hydrogens (tertiary/aromatic N) is 1. The van der Waals surface area contributed by atoms with E-state index in [9.17, 15) is 4.79 Å². The summed E-state index contributed by atoms with van der Waals surface area (Å²) >= 11 is 6.27. The summed E-state index contributed by atoms with van der Waals surface area (Å²) in [5.41, 5.74) is 6.33. The number of hydrogen-bond acceptors (Lipinski definition) is 5. The minimum Gasteiger partial charge on any atom is -0.486 e. The number of hydrogen-bond donors (Lipinski definition) is 1. The van der Waals surface area contributed by atoms with Crippen LogP contribution in [0.4, 0.5) is 0 Å². The number of amides is 1. The molecule has 1 atom stereocenters. The maximum atomic E-state index is 11.3. The first-order chi connectivity index (χ1) is 11.1. The fourth-order valence-electron chi connectivity index (χ4n) is 3.00. The van der Waals surface area contributed by atoms with Crippen LogP contribution in [0.1, 0.15) is 18.4 Å². The molecule has 0 aromatic heterocycles. The third kappa shape index (κ3) is 4.28. The number of carbonyl (C=O) groups is 1. The molecule has 0 saturated carbocycles. The lowest BCUT2D eigenvalue weighted by Crippen LogP contribution is -2.38. The molecular formula is C16H21ClN2O4. The zero-order chi connectivity index (χ0) is 16.2. The van der Waals surface area contributed by atoms with Crippen molar-refractivity contribution in [3.63, 3.8) is 0 Å². The molecule has 1 fully saturated rings. The second kappa shape index (κ2) is 7.38. The van der Waals surface area contributed by atoms with Gasteiger partial charge < -0.3 is 19.9 Å². The maximum Gasteiger partial charge on any atom is 0.231 e. The van der Waals surface area contributed by atoms with Crippen molar-refractivity contribution < 1.29 is 19.0 Å². The molecule has 1 aromatic carbocycles. The van der Waals surface area contributed by atoms with Crippen molar-refractivity contribution >= 4 is 17.5 Å². The summed E-state index contributed by atoms with van der Waals surface area (Å²) in [5.74, 6) is 0.878. The minimum atomic E-state index is -0.355. The van der Waals surface area contributed by atoms with Crippen LogP contribution in [-0.2, 0) is 16.1 Å². The molecule has 0 spiro atoms. The van der Waals surface area contributed by atoms with Crippen molar-refractivity contribution in [1.82, 2.24) is 4.90 Å². The quantitative estimate of drug-likeness (QED) is 0.851. The van der Waals surface area contributed by atoms with Crippen LogP contribution in [-0.4, -0.2) is 49.8 Å². The summed E-state index contributed by atoms with van der Waals surface area (Å²) < 4.78 is 16.8. The van der Waals surface area contributed by atoms with E-state index in [-0.39, 0.29) is 18.6 Å². The van der Waals surface area contributed by atoms with E-state index in [4.69, 9.17) is 31.5 Å². The molecule has 23 heavy (non-hydrogen) atoms. The molecule has 1 amide bonds. The van der Waals surface area contributed by atoms with Crippen molar-refractivity contribution in [3.05, 3.63) is 22.7 Å². The molecule has 3 rings (SSSR count). The third-order valence-corrected chi connectivity index (χ3v) is 4.21. The molecule has 1 unspecified atom stereocenters. The summed E-state index contributed by atoms with van der Waals surface area (Å²) in [5, 5.41) is 0.522. The van der Waals surface area contributed by atoms with Gasteiger partial charge >= 0.3 is 0 Å². The van der Waals surface area contributed by atoms with Crippen molar-refractivity contribution in [2.24, 2.45) is 5.73 Å². The fraction of sp³-hybridized carbons (Fsp3) is 0.562. The van der Waals surface area contributed by atoms with Gasteiger partial charge in [-0.1, -0.05) is 11.6 Å². The first-order valence-corrected chi connectivity index (χ1v) is 8.20. The van der Waals surface area contributed by atoms with E-state index in [0.29, 0.717) is 42.8 Å². The molecule has 0 radical (unpaired) electrons. The van der Waals surface area contributed by atoms with Gasteiger partial charge in [-0.3, -0.25) is 9.69 Å². The summed E-state index contributed by atoms with van der Waals surface area (Å²) in [6.45, 7) is 3.21. The van der Waals surface area contributed by atoms with Gasteiger partial charge in [0, 0.05) is 19.7 Å². The zero-order valence-corrected chi connectivity index (χ0v) is 13.7. The average Bonchev–Trinajstić information content (AvgIpc) is 2.99. The summed E-state index contributed by atoms with van der Waals surface area (Å²) in [4.78, 5) is 13.3. The Balaban J connectivity index is 1.73. The maximum absolute atomic E-state index is 11.3. The van der Waals surface area contributed by atoms with Crippen LogP contribution >= 0.6 is 11.6 Å². The van der Waals surface area contributed by atoms with Crippen LogP contribution in [0, 0.1) is 0 Å². The van der Waals surface area contributed by atoms with E-state index in [1.807, 2.05) is 17.0 Å². The van der Waals surface area contributed by atoms with Crippen LogP contribution in [0.15, 0.2) is 12.1 Å². The molecule has 2 aliphatic rings. The summed E-state index contributed by atoms with van der Waals surface area (Å²) in [6, 6.07) is 3.75. The largest absolute Gasteiger partial charge is 0.486 e. The molecule has 0 aliphatic carbocycles. The van der Waals surface area contributed by atoms with Gasteiger partial charge in [-0.2, -0.15) is 0 Å². The molecule has 7 heteroatoms. The predicted molar refractivity (Wildman–Crippen MR) is 85.9 cm³/mol. The van der Waals surface area contributed by atoms with Crippen LogP contribution < -0.4 is 15.2 Å². The van der Waals surface area contributed by atoms with Gasteiger partial charge in [0.05, 0.1) is 17.7 Å². The number of benzene rings is 1. The van der Waals surface area contributed by atoms with Gasteiger partial charge in [-0.25, -0.2) is 0 Å². The number of nitrogens with two attached hydrogens (primary N) is 1. The molecular weight excluding hydrogens is 320 g/mol. The van der Waals surface area contributed by atoms with Crippen LogP contribution in [0.25, 0.3) is 0 Å². The van der Waals surface area contributed by atoms with Crippen LogP contribution in [0.2, 0.25) is 5.02 Å². The Hall–Kier alpha value is -1.50. The molecule has 2 aliphatic heterocycles. The predicted octanol–water partition coefficient (Wildman–Crippen LogP) is 1.58. The molecule has 2 heterocycles. The first kappa shape index (κ1) is 16.4. The Morgan fingerprint density at radius 2 is 2.13 bits per heavy atom. The topological polar surface area (TPSA) is 74.0 Å². The van der Waals surface area contributed by atoms with Crippen LogP contribution in [0.5, 0.6) is 11.5 Å². The smallest absolute Gasteiger partial charge is 0.231 e. The Morgan fingerprint density at radius 1 is 1.30 bits per heavy atom. The second-order valence-corrected chi connectivity index (χ2v) is 6.28. The lowest BCUT2D eigenvalue weighted by Gasteiger charge is -2.25. The number of ether oxygens (including phenoxy) is 3. The normalized spacial score (nSPS) is 20.0. The minimum absolute atomic E-state index is 0.155. The Kier molecular flexibility index (Phi) is 5.25. The highest BCUT2D eigenvalue weighted by molar-refractivity contribution is 6.32. The lowest BCUT2D eigenvalue weighted by molar-refractivity contribution is -0.119. The highest BCUT2D eigenvalue weighted by atomic mass is 35.5.